The lowest BCUT2D eigenvalue weighted by Crippen LogP contribution is -2.27. The number of para-hydroxylation sites is 1. The summed E-state index contributed by atoms with van der Waals surface area (Å²) in [5.41, 5.74) is 3.93. The standard InChI is InChI=1S/C9H11N3O/c10-12-9(13)8-5-6-3-1-2-4-7(6)11-8/h1-5,9,11-13H,10H2. The normalized spacial score (nSPS) is 13.4. The Morgan fingerprint density at radius 2 is 2.15 bits per heavy atom. The van der Waals surface area contributed by atoms with Crippen molar-refractivity contribution >= 4 is 10.9 Å². The van der Waals surface area contributed by atoms with Crippen LogP contribution in [0, 0.1) is 0 Å². The molecule has 0 radical (unpaired) electrons. The van der Waals surface area contributed by atoms with Crippen LogP contribution in [0.15, 0.2) is 30.3 Å². The number of nitrogens with one attached hydrogen (secondary N) is 2. The summed E-state index contributed by atoms with van der Waals surface area (Å²) in [6.45, 7) is 0. The fourth-order valence-electron chi connectivity index (χ4n) is 1.33. The molecule has 13 heavy (non-hydrogen) atoms. The fourth-order valence-corrected chi connectivity index (χ4v) is 1.33. The second-order valence-electron chi connectivity index (χ2n) is 2.88. The van der Waals surface area contributed by atoms with Crippen molar-refractivity contribution < 1.29 is 5.11 Å². The molecule has 2 rings (SSSR count). The van der Waals surface area contributed by atoms with Gasteiger partial charge < -0.3 is 10.1 Å². The highest BCUT2D eigenvalue weighted by Crippen LogP contribution is 2.17. The van der Waals surface area contributed by atoms with Crippen molar-refractivity contribution in [2.75, 3.05) is 0 Å². The van der Waals surface area contributed by atoms with Crippen LogP contribution in [0.1, 0.15) is 11.9 Å². The predicted molar refractivity (Wildman–Crippen MR) is 50.6 cm³/mol. The van der Waals surface area contributed by atoms with Gasteiger partial charge in [-0.05, 0) is 17.5 Å². The average molecular weight is 177 g/mol. The maximum atomic E-state index is 9.36. The van der Waals surface area contributed by atoms with Crippen molar-refractivity contribution in [2.24, 2.45) is 5.84 Å². The molecule has 0 aliphatic carbocycles. The molecule has 1 aromatic heterocycles. The summed E-state index contributed by atoms with van der Waals surface area (Å²) in [6, 6.07) is 9.66. The number of H-pyrrole nitrogens is 1. The maximum absolute atomic E-state index is 9.36. The zero-order valence-corrected chi connectivity index (χ0v) is 6.99. The van der Waals surface area contributed by atoms with E-state index in [4.69, 9.17) is 5.84 Å². The van der Waals surface area contributed by atoms with Crippen molar-refractivity contribution in [3.63, 3.8) is 0 Å². The molecule has 4 heteroatoms. The van der Waals surface area contributed by atoms with E-state index in [0.29, 0.717) is 5.69 Å². The molecule has 1 aromatic carbocycles. The molecule has 1 unspecified atom stereocenters. The molecule has 0 amide bonds. The number of nitrogens with two attached hydrogens (primary N) is 1. The van der Waals surface area contributed by atoms with Crippen LogP contribution in [-0.4, -0.2) is 10.1 Å². The zero-order chi connectivity index (χ0) is 9.26. The summed E-state index contributed by atoms with van der Waals surface area (Å²) < 4.78 is 0. The van der Waals surface area contributed by atoms with Crippen molar-refractivity contribution in [1.82, 2.24) is 10.4 Å². The Morgan fingerprint density at radius 1 is 1.38 bits per heavy atom. The second-order valence-corrected chi connectivity index (χ2v) is 2.88. The monoisotopic (exact) mass is 177 g/mol. The first kappa shape index (κ1) is 8.25. The third kappa shape index (κ3) is 1.42. The number of aliphatic hydroxyl groups excluding tert-OH is 1. The highest BCUT2D eigenvalue weighted by Gasteiger charge is 2.07. The van der Waals surface area contributed by atoms with E-state index >= 15 is 0 Å². The minimum Gasteiger partial charge on any atom is -0.372 e. The highest BCUT2D eigenvalue weighted by molar-refractivity contribution is 5.80. The summed E-state index contributed by atoms with van der Waals surface area (Å²) in [4.78, 5) is 3.05. The van der Waals surface area contributed by atoms with Crippen LogP contribution in [-0.2, 0) is 0 Å². The number of hydrogen-bond donors (Lipinski definition) is 4. The summed E-state index contributed by atoms with van der Waals surface area (Å²) in [7, 11) is 0. The SMILES string of the molecule is NNC(O)c1cc2ccccc2[nH]1. The van der Waals surface area contributed by atoms with E-state index in [1.165, 1.54) is 0 Å². The molecule has 1 atom stereocenters. The molecule has 4 nitrogen and oxygen atoms in total. The minimum absolute atomic E-state index is 0.670. The summed E-state index contributed by atoms with van der Waals surface area (Å²) >= 11 is 0. The quantitative estimate of drug-likeness (QED) is 0.308. The number of aromatic nitrogens is 1. The lowest BCUT2D eigenvalue weighted by molar-refractivity contribution is 0.136. The molecule has 5 N–H and O–H groups in total. The number of hydrazine groups is 1. The van der Waals surface area contributed by atoms with Crippen LogP contribution < -0.4 is 11.3 Å². The smallest absolute Gasteiger partial charge is 0.158 e. The maximum Gasteiger partial charge on any atom is 0.158 e. The minimum atomic E-state index is -0.840. The van der Waals surface area contributed by atoms with E-state index in [1.54, 1.807) is 0 Å². The van der Waals surface area contributed by atoms with Gasteiger partial charge in [-0.3, -0.25) is 5.84 Å². The molecule has 0 aliphatic heterocycles. The first-order valence-corrected chi connectivity index (χ1v) is 4.03. The van der Waals surface area contributed by atoms with Crippen LogP contribution in [0.3, 0.4) is 0 Å². The van der Waals surface area contributed by atoms with Gasteiger partial charge in [0.2, 0.25) is 0 Å². The first-order valence-electron chi connectivity index (χ1n) is 4.03. The molecule has 0 aliphatic rings. The van der Waals surface area contributed by atoms with Gasteiger partial charge in [0.25, 0.3) is 0 Å². The summed E-state index contributed by atoms with van der Waals surface area (Å²) in [5.74, 6) is 5.11. The Balaban J connectivity index is 2.49. The van der Waals surface area contributed by atoms with Gasteiger partial charge in [-0.25, -0.2) is 5.43 Å². The van der Waals surface area contributed by atoms with Gasteiger partial charge in [0.15, 0.2) is 6.23 Å². The van der Waals surface area contributed by atoms with E-state index in [2.05, 4.69) is 10.4 Å². The third-order valence-corrected chi connectivity index (χ3v) is 2.00. The zero-order valence-electron chi connectivity index (χ0n) is 6.99. The van der Waals surface area contributed by atoms with Crippen molar-refractivity contribution in [1.29, 1.82) is 0 Å². The molecule has 0 bridgehead atoms. The summed E-state index contributed by atoms with van der Waals surface area (Å²) in [6.07, 6.45) is -0.840. The first-order chi connectivity index (χ1) is 6.31. The third-order valence-electron chi connectivity index (χ3n) is 2.00. The van der Waals surface area contributed by atoms with Crippen molar-refractivity contribution in [2.45, 2.75) is 6.23 Å². The van der Waals surface area contributed by atoms with Crippen LogP contribution in [0.5, 0.6) is 0 Å². The van der Waals surface area contributed by atoms with E-state index in [1.807, 2.05) is 30.3 Å². The number of aliphatic hydroxyl groups is 1. The molecule has 2 aromatic rings. The van der Waals surface area contributed by atoms with Gasteiger partial charge in [-0.15, -0.1) is 0 Å². The molecule has 68 valence electrons. The molecule has 0 spiro atoms. The van der Waals surface area contributed by atoms with Crippen molar-refractivity contribution in [3.8, 4) is 0 Å². The lowest BCUT2D eigenvalue weighted by atomic mass is 10.2. The molecular weight excluding hydrogens is 166 g/mol. The largest absolute Gasteiger partial charge is 0.372 e. The number of hydrogen-bond acceptors (Lipinski definition) is 3. The van der Waals surface area contributed by atoms with E-state index in [9.17, 15) is 5.11 Å². The molecule has 0 fully saturated rings. The second kappa shape index (κ2) is 3.18. The Kier molecular flexibility index (Phi) is 2.02. The fraction of sp³-hybridized carbons (Fsp3) is 0.111. The summed E-state index contributed by atoms with van der Waals surface area (Å²) in [5, 5.41) is 10.4. The number of fused-ring (bicyclic) bond motifs is 1. The van der Waals surface area contributed by atoms with Gasteiger partial charge in [0, 0.05) is 5.52 Å². The van der Waals surface area contributed by atoms with E-state index < -0.39 is 6.23 Å². The molecule has 0 saturated heterocycles. The van der Waals surface area contributed by atoms with Gasteiger partial charge in [0.05, 0.1) is 5.69 Å². The highest BCUT2D eigenvalue weighted by atomic mass is 16.3. The van der Waals surface area contributed by atoms with Crippen LogP contribution in [0.4, 0.5) is 0 Å². The molecule has 1 heterocycles. The molecule has 0 saturated carbocycles. The Bertz CT molecular complexity index is 377. The van der Waals surface area contributed by atoms with Gasteiger partial charge >= 0.3 is 0 Å². The van der Waals surface area contributed by atoms with Crippen molar-refractivity contribution in [3.05, 3.63) is 36.0 Å². The van der Waals surface area contributed by atoms with Crippen LogP contribution in [0.25, 0.3) is 10.9 Å². The number of aromatic amines is 1. The van der Waals surface area contributed by atoms with E-state index in [-0.39, 0.29) is 0 Å². The molecular formula is C9H11N3O. The van der Waals surface area contributed by atoms with Gasteiger partial charge in [-0.1, -0.05) is 18.2 Å². The average Bonchev–Trinajstić information content (AvgIpc) is 2.59. The lowest BCUT2D eigenvalue weighted by Gasteiger charge is -2.04. The Labute approximate surface area is 75.3 Å². The van der Waals surface area contributed by atoms with Gasteiger partial charge in [-0.2, -0.15) is 0 Å². The Morgan fingerprint density at radius 3 is 2.85 bits per heavy atom. The van der Waals surface area contributed by atoms with Gasteiger partial charge in [0.1, 0.15) is 0 Å². The number of rotatable bonds is 2. The Hall–Kier alpha value is -1.36. The van der Waals surface area contributed by atoms with Crippen LogP contribution >= 0.6 is 0 Å². The van der Waals surface area contributed by atoms with Crippen LogP contribution in [0.2, 0.25) is 0 Å². The predicted octanol–water partition coefficient (Wildman–Crippen LogP) is 0.622. The van der Waals surface area contributed by atoms with E-state index in [0.717, 1.165) is 10.9 Å². The topological polar surface area (TPSA) is 74.1 Å². The number of benzene rings is 1.